The van der Waals surface area contributed by atoms with E-state index in [-0.39, 0.29) is 10.6 Å². The smallest absolute Gasteiger partial charge is 0.269 e. The number of methoxy groups -OCH3 is 1. The molecule has 0 unspecified atom stereocenters. The normalized spacial score (nSPS) is 10.3. The third-order valence-corrected chi connectivity index (χ3v) is 3.20. The van der Waals surface area contributed by atoms with E-state index in [4.69, 9.17) is 4.74 Å². The van der Waals surface area contributed by atoms with Crippen molar-refractivity contribution in [3.63, 3.8) is 0 Å². The summed E-state index contributed by atoms with van der Waals surface area (Å²) in [5.74, 6) is 0.864. The van der Waals surface area contributed by atoms with Crippen molar-refractivity contribution in [1.29, 1.82) is 0 Å². The van der Waals surface area contributed by atoms with Crippen LogP contribution in [0.1, 0.15) is 11.1 Å². The highest BCUT2D eigenvalue weighted by molar-refractivity contribution is 5.33. The molecule has 0 heterocycles. The van der Waals surface area contributed by atoms with Crippen molar-refractivity contribution >= 4 is 5.69 Å². The first-order valence-electron chi connectivity index (χ1n) is 6.76. The van der Waals surface area contributed by atoms with Crippen LogP contribution in [0.2, 0.25) is 0 Å². The standard InChI is InChI=1S/C16H18N2O3/c1-21-16-4-2-3-13(11-16)9-10-17-12-14-5-7-15(8-6-14)18(19)20/h2-8,11,17H,9-10,12H2,1H3. The van der Waals surface area contributed by atoms with Crippen LogP contribution in [0.25, 0.3) is 0 Å². The fourth-order valence-electron chi connectivity index (χ4n) is 2.03. The number of non-ortho nitro benzene ring substituents is 1. The third kappa shape index (κ3) is 4.57. The maximum absolute atomic E-state index is 10.6. The number of benzene rings is 2. The summed E-state index contributed by atoms with van der Waals surface area (Å²) < 4.78 is 5.19. The van der Waals surface area contributed by atoms with Crippen LogP contribution in [-0.4, -0.2) is 18.6 Å². The van der Waals surface area contributed by atoms with Crippen molar-refractivity contribution in [3.8, 4) is 5.75 Å². The lowest BCUT2D eigenvalue weighted by molar-refractivity contribution is -0.384. The molecule has 0 radical (unpaired) electrons. The number of nitrogens with zero attached hydrogens (tertiary/aromatic N) is 1. The molecule has 0 aliphatic heterocycles. The van der Waals surface area contributed by atoms with Crippen LogP contribution in [0.3, 0.4) is 0 Å². The maximum Gasteiger partial charge on any atom is 0.269 e. The zero-order valence-corrected chi connectivity index (χ0v) is 11.9. The van der Waals surface area contributed by atoms with Crippen LogP contribution < -0.4 is 10.1 Å². The average Bonchev–Trinajstić information content (AvgIpc) is 2.52. The molecule has 1 N–H and O–H groups in total. The Kier molecular flexibility index (Phi) is 5.29. The van der Waals surface area contributed by atoms with Gasteiger partial charge in [-0.3, -0.25) is 10.1 Å². The predicted molar refractivity (Wildman–Crippen MR) is 81.5 cm³/mol. The second kappa shape index (κ2) is 7.40. The van der Waals surface area contributed by atoms with E-state index in [0.717, 1.165) is 24.3 Å². The second-order valence-corrected chi connectivity index (χ2v) is 4.70. The van der Waals surface area contributed by atoms with Gasteiger partial charge >= 0.3 is 0 Å². The molecular formula is C16H18N2O3. The summed E-state index contributed by atoms with van der Waals surface area (Å²) >= 11 is 0. The van der Waals surface area contributed by atoms with E-state index in [0.29, 0.717) is 6.54 Å². The van der Waals surface area contributed by atoms with Gasteiger partial charge in [-0.15, -0.1) is 0 Å². The molecule has 2 aromatic rings. The van der Waals surface area contributed by atoms with Gasteiger partial charge in [-0.25, -0.2) is 0 Å². The summed E-state index contributed by atoms with van der Waals surface area (Å²) in [6, 6.07) is 14.6. The van der Waals surface area contributed by atoms with Gasteiger partial charge in [0.05, 0.1) is 12.0 Å². The van der Waals surface area contributed by atoms with Crippen LogP contribution in [0.4, 0.5) is 5.69 Å². The predicted octanol–water partition coefficient (Wildman–Crippen LogP) is 2.94. The monoisotopic (exact) mass is 286 g/mol. The Morgan fingerprint density at radius 1 is 1.14 bits per heavy atom. The van der Waals surface area contributed by atoms with E-state index in [1.165, 1.54) is 17.7 Å². The Balaban J connectivity index is 1.77. The van der Waals surface area contributed by atoms with E-state index < -0.39 is 0 Å². The minimum absolute atomic E-state index is 0.120. The van der Waals surface area contributed by atoms with Crippen molar-refractivity contribution < 1.29 is 9.66 Å². The third-order valence-electron chi connectivity index (χ3n) is 3.20. The van der Waals surface area contributed by atoms with Crippen molar-refractivity contribution in [2.45, 2.75) is 13.0 Å². The molecule has 2 rings (SSSR count). The van der Waals surface area contributed by atoms with Crippen LogP contribution in [0, 0.1) is 10.1 Å². The molecule has 21 heavy (non-hydrogen) atoms. The van der Waals surface area contributed by atoms with E-state index in [9.17, 15) is 10.1 Å². The van der Waals surface area contributed by atoms with E-state index >= 15 is 0 Å². The van der Waals surface area contributed by atoms with E-state index in [2.05, 4.69) is 11.4 Å². The molecule has 5 nitrogen and oxygen atoms in total. The minimum Gasteiger partial charge on any atom is -0.497 e. The van der Waals surface area contributed by atoms with E-state index in [1.807, 2.05) is 18.2 Å². The second-order valence-electron chi connectivity index (χ2n) is 4.70. The quantitative estimate of drug-likeness (QED) is 0.483. The minimum atomic E-state index is -0.389. The van der Waals surface area contributed by atoms with Crippen LogP contribution in [0.5, 0.6) is 5.75 Å². The van der Waals surface area contributed by atoms with Gasteiger partial charge in [0.25, 0.3) is 5.69 Å². The Morgan fingerprint density at radius 2 is 1.90 bits per heavy atom. The molecule has 5 heteroatoms. The summed E-state index contributed by atoms with van der Waals surface area (Å²) in [5, 5.41) is 13.9. The molecule has 0 atom stereocenters. The van der Waals surface area contributed by atoms with Crippen molar-refractivity contribution in [3.05, 3.63) is 69.8 Å². The van der Waals surface area contributed by atoms with Gasteiger partial charge in [-0.05, 0) is 36.2 Å². The number of rotatable bonds is 7. The van der Waals surface area contributed by atoms with Gasteiger partial charge in [0.15, 0.2) is 0 Å². The molecule has 0 bridgehead atoms. The molecule has 2 aromatic carbocycles. The van der Waals surface area contributed by atoms with Crippen molar-refractivity contribution in [2.24, 2.45) is 0 Å². The molecule has 110 valence electrons. The molecule has 0 spiro atoms. The summed E-state index contributed by atoms with van der Waals surface area (Å²) in [7, 11) is 1.66. The SMILES string of the molecule is COc1cccc(CCNCc2ccc([N+](=O)[O-])cc2)c1. The Labute approximate surface area is 123 Å². The fraction of sp³-hybridized carbons (Fsp3) is 0.250. The van der Waals surface area contributed by atoms with Gasteiger partial charge in [0.2, 0.25) is 0 Å². The highest BCUT2D eigenvalue weighted by atomic mass is 16.6. The largest absolute Gasteiger partial charge is 0.497 e. The number of hydrogen-bond donors (Lipinski definition) is 1. The van der Waals surface area contributed by atoms with Gasteiger partial charge in [-0.1, -0.05) is 24.3 Å². The topological polar surface area (TPSA) is 64.4 Å². The Hall–Kier alpha value is -2.40. The maximum atomic E-state index is 10.6. The van der Waals surface area contributed by atoms with E-state index in [1.54, 1.807) is 19.2 Å². The lowest BCUT2D eigenvalue weighted by Crippen LogP contribution is -2.16. The lowest BCUT2D eigenvalue weighted by Gasteiger charge is -2.06. The zero-order chi connectivity index (χ0) is 15.1. The number of nitro benzene ring substituents is 1. The van der Waals surface area contributed by atoms with Gasteiger partial charge in [0, 0.05) is 18.7 Å². The van der Waals surface area contributed by atoms with Gasteiger partial charge in [0.1, 0.15) is 5.75 Å². The molecule has 0 aromatic heterocycles. The number of ether oxygens (including phenoxy) is 1. The first-order chi connectivity index (χ1) is 10.2. The Bertz CT molecular complexity index is 597. The summed E-state index contributed by atoms with van der Waals surface area (Å²) in [6.07, 6.45) is 0.907. The van der Waals surface area contributed by atoms with Crippen LogP contribution in [-0.2, 0) is 13.0 Å². The molecule has 0 aliphatic rings. The summed E-state index contributed by atoms with van der Waals surface area (Å²) in [6.45, 7) is 1.53. The van der Waals surface area contributed by atoms with Crippen molar-refractivity contribution in [1.82, 2.24) is 5.32 Å². The summed E-state index contributed by atoms with van der Waals surface area (Å²) in [5.41, 5.74) is 2.37. The zero-order valence-electron chi connectivity index (χ0n) is 11.9. The fourth-order valence-corrected chi connectivity index (χ4v) is 2.03. The van der Waals surface area contributed by atoms with Crippen molar-refractivity contribution in [2.75, 3.05) is 13.7 Å². The average molecular weight is 286 g/mol. The Morgan fingerprint density at radius 3 is 2.57 bits per heavy atom. The molecule has 0 saturated carbocycles. The molecule has 0 aliphatic carbocycles. The summed E-state index contributed by atoms with van der Waals surface area (Å²) in [4.78, 5) is 10.2. The van der Waals surface area contributed by atoms with Gasteiger partial charge in [-0.2, -0.15) is 0 Å². The highest BCUT2D eigenvalue weighted by Gasteiger charge is 2.03. The lowest BCUT2D eigenvalue weighted by atomic mass is 10.1. The first kappa shape index (κ1) is 15.0. The van der Waals surface area contributed by atoms with Gasteiger partial charge < -0.3 is 10.1 Å². The first-order valence-corrected chi connectivity index (χ1v) is 6.76. The number of nitro groups is 1. The highest BCUT2D eigenvalue weighted by Crippen LogP contribution is 2.13. The van der Waals surface area contributed by atoms with Crippen LogP contribution in [0.15, 0.2) is 48.5 Å². The molecule has 0 fully saturated rings. The molecular weight excluding hydrogens is 268 g/mol. The number of hydrogen-bond acceptors (Lipinski definition) is 4. The number of nitrogens with one attached hydrogen (secondary N) is 1. The molecule has 0 saturated heterocycles. The molecule has 0 amide bonds. The van der Waals surface area contributed by atoms with Crippen LogP contribution >= 0.6 is 0 Å².